The minimum atomic E-state index is -1.10. The molecule has 2 rings (SSSR count). The average Bonchev–Trinajstić information content (AvgIpc) is 2.58. The van der Waals surface area contributed by atoms with Gasteiger partial charge in [-0.3, -0.25) is 0 Å². The molecule has 0 fully saturated rings. The first-order valence-electron chi connectivity index (χ1n) is 9.89. The smallest absolute Gasteiger partial charge is 0.407 e. The summed E-state index contributed by atoms with van der Waals surface area (Å²) in [5, 5.41) is 26.2. The largest absolute Gasteiger partial charge is 0.444 e. The first kappa shape index (κ1) is 22.2. The van der Waals surface area contributed by atoms with E-state index in [4.69, 9.17) is 4.74 Å². The van der Waals surface area contributed by atoms with Crippen molar-refractivity contribution in [2.24, 2.45) is 5.92 Å². The molecular formula is C23H33NO4. The Balaban J connectivity index is 2.27. The summed E-state index contributed by atoms with van der Waals surface area (Å²) < 4.78 is 5.36. The summed E-state index contributed by atoms with van der Waals surface area (Å²) in [5.41, 5.74) is 0.352. The van der Waals surface area contributed by atoms with Gasteiger partial charge in [0.1, 0.15) is 11.7 Å². The highest BCUT2D eigenvalue weighted by atomic mass is 16.6. The van der Waals surface area contributed by atoms with E-state index in [2.05, 4.69) is 5.32 Å². The summed E-state index contributed by atoms with van der Waals surface area (Å²) in [6.45, 7) is 9.33. The van der Waals surface area contributed by atoms with Gasteiger partial charge in [-0.15, -0.1) is 0 Å². The third-order valence-corrected chi connectivity index (χ3v) is 4.54. The van der Waals surface area contributed by atoms with Gasteiger partial charge in [0.05, 0.1) is 12.1 Å². The molecular weight excluding hydrogens is 354 g/mol. The van der Waals surface area contributed by atoms with Crippen molar-refractivity contribution in [2.45, 2.75) is 71.3 Å². The van der Waals surface area contributed by atoms with E-state index in [1.54, 1.807) is 20.8 Å². The number of amides is 1. The van der Waals surface area contributed by atoms with Crippen LogP contribution in [0, 0.1) is 5.92 Å². The van der Waals surface area contributed by atoms with Gasteiger partial charge in [-0.05, 0) is 55.9 Å². The molecule has 1 amide bonds. The lowest BCUT2D eigenvalue weighted by Crippen LogP contribution is -2.51. The Labute approximate surface area is 167 Å². The molecule has 0 spiro atoms. The number of alkyl carbamates (subject to hydrolysis) is 1. The van der Waals surface area contributed by atoms with Gasteiger partial charge >= 0.3 is 6.09 Å². The molecule has 2 aromatic rings. The van der Waals surface area contributed by atoms with Crippen molar-refractivity contribution in [3.8, 4) is 0 Å². The third kappa shape index (κ3) is 6.50. The molecule has 5 nitrogen and oxygen atoms in total. The molecule has 0 radical (unpaired) electrons. The molecule has 0 aliphatic rings. The summed E-state index contributed by atoms with van der Waals surface area (Å²) in [7, 11) is 0. The van der Waals surface area contributed by atoms with E-state index in [9.17, 15) is 15.0 Å². The van der Waals surface area contributed by atoms with Crippen LogP contribution in [0.25, 0.3) is 10.8 Å². The number of carbonyl (C=O) groups is 1. The summed E-state index contributed by atoms with van der Waals surface area (Å²) in [6.07, 6.45) is -1.81. The maximum Gasteiger partial charge on any atom is 0.407 e. The Hall–Kier alpha value is -2.11. The number of rotatable bonds is 7. The van der Waals surface area contributed by atoms with Crippen molar-refractivity contribution in [1.29, 1.82) is 0 Å². The number of aliphatic hydroxyl groups is 2. The molecule has 0 saturated carbocycles. The van der Waals surface area contributed by atoms with Crippen LogP contribution >= 0.6 is 0 Å². The van der Waals surface area contributed by atoms with E-state index in [0.29, 0.717) is 12.8 Å². The molecule has 0 aliphatic heterocycles. The zero-order valence-corrected chi connectivity index (χ0v) is 17.5. The lowest BCUT2D eigenvalue weighted by Gasteiger charge is -2.30. The molecule has 0 saturated heterocycles. The summed E-state index contributed by atoms with van der Waals surface area (Å²) in [6, 6.07) is 13.3. The molecule has 0 aliphatic carbocycles. The van der Waals surface area contributed by atoms with Gasteiger partial charge in [0, 0.05) is 0 Å². The Kier molecular flexibility index (Phi) is 7.44. The van der Waals surface area contributed by atoms with Gasteiger partial charge in [0.25, 0.3) is 0 Å². The van der Waals surface area contributed by atoms with Crippen LogP contribution in [0.2, 0.25) is 0 Å². The van der Waals surface area contributed by atoms with Crippen LogP contribution in [0.3, 0.4) is 0 Å². The van der Waals surface area contributed by atoms with E-state index in [0.717, 1.165) is 16.3 Å². The maximum atomic E-state index is 12.3. The molecule has 28 heavy (non-hydrogen) atoms. The van der Waals surface area contributed by atoms with Crippen molar-refractivity contribution < 1.29 is 19.7 Å². The Morgan fingerprint density at radius 1 is 1.07 bits per heavy atom. The predicted octanol–water partition coefficient (Wildman–Crippen LogP) is 4.04. The molecule has 0 unspecified atom stereocenters. The minimum absolute atomic E-state index is 0.226. The second-order valence-electron chi connectivity index (χ2n) is 8.78. The van der Waals surface area contributed by atoms with Gasteiger partial charge in [0.2, 0.25) is 0 Å². The standard InChI is InChI=1S/C23H33NO4/c1-15(2)13-20(25)21(26)19(24-22(27)28-23(3,4)5)14-17-11-8-10-16-9-6-7-12-18(16)17/h6-12,15,19-21,25-26H,13-14H2,1-5H3,(H,24,27)/t19-,20-,21+/m0/s1. The zero-order valence-electron chi connectivity index (χ0n) is 17.5. The Morgan fingerprint density at radius 3 is 2.36 bits per heavy atom. The SMILES string of the molecule is CC(C)C[C@H](O)[C@H](O)[C@H](Cc1cccc2ccccc12)NC(=O)OC(C)(C)C. The van der Waals surface area contributed by atoms with E-state index >= 15 is 0 Å². The third-order valence-electron chi connectivity index (χ3n) is 4.54. The molecule has 2 aromatic carbocycles. The first-order chi connectivity index (χ1) is 13.1. The molecule has 0 bridgehead atoms. The molecule has 3 atom stereocenters. The first-order valence-corrected chi connectivity index (χ1v) is 9.89. The number of aliphatic hydroxyl groups excluding tert-OH is 2. The molecule has 0 heterocycles. The maximum absolute atomic E-state index is 12.3. The quantitative estimate of drug-likeness (QED) is 0.670. The van der Waals surface area contributed by atoms with Crippen molar-refractivity contribution in [3.05, 3.63) is 48.0 Å². The van der Waals surface area contributed by atoms with Crippen molar-refractivity contribution in [3.63, 3.8) is 0 Å². The van der Waals surface area contributed by atoms with Crippen LogP contribution in [-0.4, -0.2) is 40.2 Å². The second kappa shape index (κ2) is 9.39. The Morgan fingerprint density at radius 2 is 1.71 bits per heavy atom. The fraction of sp³-hybridized carbons (Fsp3) is 0.522. The van der Waals surface area contributed by atoms with Gasteiger partial charge < -0.3 is 20.3 Å². The lowest BCUT2D eigenvalue weighted by atomic mass is 9.91. The van der Waals surface area contributed by atoms with Crippen LogP contribution in [0.1, 0.15) is 46.6 Å². The normalized spacial score (nSPS) is 15.3. The number of hydrogen-bond donors (Lipinski definition) is 3. The zero-order chi connectivity index (χ0) is 20.9. The topological polar surface area (TPSA) is 78.8 Å². The summed E-state index contributed by atoms with van der Waals surface area (Å²) >= 11 is 0. The van der Waals surface area contributed by atoms with E-state index < -0.39 is 29.9 Å². The Bertz CT molecular complexity index is 776. The van der Waals surface area contributed by atoms with Crippen LogP contribution in [0.4, 0.5) is 4.79 Å². The monoisotopic (exact) mass is 387 g/mol. The van der Waals surface area contributed by atoms with Crippen LogP contribution in [0.15, 0.2) is 42.5 Å². The molecule has 154 valence electrons. The van der Waals surface area contributed by atoms with Gasteiger partial charge in [-0.2, -0.15) is 0 Å². The predicted molar refractivity (Wildman–Crippen MR) is 112 cm³/mol. The molecule has 3 N–H and O–H groups in total. The number of ether oxygens (including phenoxy) is 1. The highest BCUT2D eigenvalue weighted by molar-refractivity contribution is 5.85. The van der Waals surface area contributed by atoms with Crippen molar-refractivity contribution in [2.75, 3.05) is 0 Å². The van der Waals surface area contributed by atoms with Crippen LogP contribution in [0.5, 0.6) is 0 Å². The van der Waals surface area contributed by atoms with Crippen LogP contribution in [-0.2, 0) is 11.2 Å². The van der Waals surface area contributed by atoms with Crippen molar-refractivity contribution in [1.82, 2.24) is 5.32 Å². The second-order valence-corrected chi connectivity index (χ2v) is 8.78. The number of nitrogens with one attached hydrogen (secondary N) is 1. The highest BCUT2D eigenvalue weighted by Gasteiger charge is 2.30. The average molecular weight is 388 g/mol. The molecule has 5 heteroatoms. The van der Waals surface area contributed by atoms with E-state index in [1.165, 1.54) is 0 Å². The highest BCUT2D eigenvalue weighted by Crippen LogP contribution is 2.22. The molecule has 0 aromatic heterocycles. The van der Waals surface area contributed by atoms with Gasteiger partial charge in [-0.1, -0.05) is 56.3 Å². The number of carbonyl (C=O) groups excluding carboxylic acids is 1. The summed E-state index contributed by atoms with van der Waals surface area (Å²) in [5.74, 6) is 0.226. The van der Waals surface area contributed by atoms with Gasteiger partial charge in [-0.25, -0.2) is 4.79 Å². The fourth-order valence-electron chi connectivity index (χ4n) is 3.31. The minimum Gasteiger partial charge on any atom is -0.444 e. The lowest BCUT2D eigenvalue weighted by molar-refractivity contribution is -0.0176. The number of hydrogen-bond acceptors (Lipinski definition) is 4. The fourth-order valence-corrected chi connectivity index (χ4v) is 3.31. The number of fused-ring (bicyclic) bond motifs is 1. The van der Waals surface area contributed by atoms with Crippen molar-refractivity contribution >= 4 is 16.9 Å². The van der Waals surface area contributed by atoms with E-state index in [-0.39, 0.29) is 5.92 Å². The number of benzene rings is 2. The van der Waals surface area contributed by atoms with E-state index in [1.807, 2.05) is 56.3 Å². The van der Waals surface area contributed by atoms with Crippen LogP contribution < -0.4 is 5.32 Å². The summed E-state index contributed by atoms with van der Waals surface area (Å²) in [4.78, 5) is 12.3. The van der Waals surface area contributed by atoms with Gasteiger partial charge in [0.15, 0.2) is 0 Å².